The Bertz CT molecular complexity index is 728. The highest BCUT2D eigenvalue weighted by Crippen LogP contribution is 2.19. The van der Waals surface area contributed by atoms with Crippen LogP contribution in [0.3, 0.4) is 0 Å². The van der Waals surface area contributed by atoms with E-state index in [2.05, 4.69) is 5.32 Å². The Morgan fingerprint density at radius 3 is 2.19 bits per heavy atom. The summed E-state index contributed by atoms with van der Waals surface area (Å²) in [6, 6.07) is 13.1. The van der Waals surface area contributed by atoms with E-state index in [0.717, 1.165) is 4.90 Å². The van der Waals surface area contributed by atoms with Crippen LogP contribution < -0.4 is 5.32 Å². The van der Waals surface area contributed by atoms with Gasteiger partial charge in [0.1, 0.15) is 5.82 Å². The molecule has 0 fully saturated rings. The molecule has 4 nitrogen and oxygen atoms in total. The van der Waals surface area contributed by atoms with Crippen molar-refractivity contribution in [1.82, 2.24) is 4.90 Å². The Morgan fingerprint density at radius 2 is 1.62 bits per heavy atom. The van der Waals surface area contributed by atoms with Gasteiger partial charge in [-0.2, -0.15) is 0 Å². The van der Waals surface area contributed by atoms with Crippen molar-refractivity contribution < 1.29 is 14.0 Å². The Hall–Kier alpha value is -2.34. The summed E-state index contributed by atoms with van der Waals surface area (Å²) in [5.41, 5.74) is 1.27. The van der Waals surface area contributed by atoms with Crippen LogP contribution in [0.15, 0.2) is 53.4 Å². The van der Waals surface area contributed by atoms with Crippen LogP contribution in [-0.2, 0) is 4.79 Å². The topological polar surface area (TPSA) is 49.4 Å². The average molecular weight is 374 g/mol. The van der Waals surface area contributed by atoms with Gasteiger partial charge in [0.2, 0.25) is 5.91 Å². The quantitative estimate of drug-likeness (QED) is 0.696. The first kappa shape index (κ1) is 20.0. The zero-order chi connectivity index (χ0) is 18.9. The molecule has 0 heterocycles. The molecule has 0 aromatic heterocycles. The first-order chi connectivity index (χ1) is 12.5. The number of rotatable bonds is 8. The molecule has 138 valence electrons. The van der Waals surface area contributed by atoms with Gasteiger partial charge in [-0.05, 0) is 62.4 Å². The number of carbonyl (C=O) groups excluding carboxylic acids is 2. The van der Waals surface area contributed by atoms with Gasteiger partial charge in [-0.15, -0.1) is 11.8 Å². The van der Waals surface area contributed by atoms with E-state index in [9.17, 15) is 14.0 Å². The van der Waals surface area contributed by atoms with Gasteiger partial charge in [0.15, 0.2) is 0 Å². The molecule has 0 bridgehead atoms. The maximum atomic E-state index is 12.8. The predicted molar refractivity (Wildman–Crippen MR) is 104 cm³/mol. The lowest BCUT2D eigenvalue weighted by Gasteiger charge is -2.18. The van der Waals surface area contributed by atoms with Gasteiger partial charge in [-0.1, -0.05) is 0 Å². The van der Waals surface area contributed by atoms with E-state index < -0.39 is 0 Å². The molecule has 0 aliphatic rings. The standard InChI is InChI=1S/C20H23FN2O2S/c1-3-23(4-2)20(25)15-5-9-17(10-6-15)22-19(24)13-14-26-18-11-7-16(21)8-12-18/h5-12H,3-4,13-14H2,1-2H3,(H,22,24). The van der Waals surface area contributed by atoms with Gasteiger partial charge in [0.05, 0.1) is 0 Å². The van der Waals surface area contributed by atoms with Crippen molar-refractivity contribution in [2.45, 2.75) is 25.2 Å². The fourth-order valence-electron chi connectivity index (χ4n) is 2.41. The number of nitrogens with zero attached hydrogens (tertiary/aromatic N) is 1. The van der Waals surface area contributed by atoms with Gasteiger partial charge < -0.3 is 10.2 Å². The van der Waals surface area contributed by atoms with Crippen molar-refractivity contribution in [2.24, 2.45) is 0 Å². The minimum atomic E-state index is -0.269. The molecule has 1 N–H and O–H groups in total. The molecule has 2 rings (SSSR count). The number of anilines is 1. The number of halogens is 1. The van der Waals surface area contributed by atoms with E-state index in [1.54, 1.807) is 41.3 Å². The summed E-state index contributed by atoms with van der Waals surface area (Å²) in [6.07, 6.45) is 0.349. The van der Waals surface area contributed by atoms with Gasteiger partial charge in [0.25, 0.3) is 5.91 Å². The van der Waals surface area contributed by atoms with E-state index in [-0.39, 0.29) is 17.6 Å². The first-order valence-electron chi connectivity index (χ1n) is 8.61. The highest BCUT2D eigenvalue weighted by molar-refractivity contribution is 7.99. The van der Waals surface area contributed by atoms with E-state index in [1.807, 2.05) is 13.8 Å². The number of nitrogens with one attached hydrogen (secondary N) is 1. The second kappa shape index (κ2) is 9.97. The lowest BCUT2D eigenvalue weighted by molar-refractivity contribution is -0.115. The molecule has 2 amide bonds. The third-order valence-electron chi connectivity index (χ3n) is 3.88. The number of amides is 2. The van der Waals surface area contributed by atoms with Crippen LogP contribution in [0.4, 0.5) is 10.1 Å². The first-order valence-corrected chi connectivity index (χ1v) is 9.59. The third-order valence-corrected chi connectivity index (χ3v) is 4.89. The molecule has 0 saturated carbocycles. The van der Waals surface area contributed by atoms with Gasteiger partial charge >= 0.3 is 0 Å². The number of carbonyl (C=O) groups is 2. The van der Waals surface area contributed by atoms with Gasteiger partial charge in [-0.25, -0.2) is 4.39 Å². The maximum Gasteiger partial charge on any atom is 0.253 e. The predicted octanol–water partition coefficient (Wildman–Crippen LogP) is 4.43. The van der Waals surface area contributed by atoms with Crippen LogP contribution in [0.1, 0.15) is 30.6 Å². The molecule has 2 aromatic rings. The number of hydrogen-bond acceptors (Lipinski definition) is 3. The molecule has 26 heavy (non-hydrogen) atoms. The fraction of sp³-hybridized carbons (Fsp3) is 0.300. The molecule has 0 spiro atoms. The SMILES string of the molecule is CCN(CC)C(=O)c1ccc(NC(=O)CCSc2ccc(F)cc2)cc1. The van der Waals surface area contributed by atoms with E-state index in [1.165, 1.54) is 23.9 Å². The fourth-order valence-corrected chi connectivity index (χ4v) is 3.26. The van der Waals surface area contributed by atoms with Crippen molar-refractivity contribution in [3.05, 3.63) is 59.9 Å². The summed E-state index contributed by atoms with van der Waals surface area (Å²) in [4.78, 5) is 26.9. The van der Waals surface area contributed by atoms with Gasteiger partial charge in [0, 0.05) is 41.4 Å². The Balaban J connectivity index is 1.81. The summed E-state index contributed by atoms with van der Waals surface area (Å²) in [6.45, 7) is 5.22. The van der Waals surface area contributed by atoms with E-state index >= 15 is 0 Å². The molecule has 6 heteroatoms. The molecule has 0 unspecified atom stereocenters. The molecule has 0 saturated heterocycles. The van der Waals surface area contributed by atoms with Crippen molar-refractivity contribution in [3.63, 3.8) is 0 Å². The summed E-state index contributed by atoms with van der Waals surface area (Å²) in [5, 5.41) is 2.82. The smallest absolute Gasteiger partial charge is 0.253 e. The number of benzene rings is 2. The van der Waals surface area contributed by atoms with E-state index in [0.29, 0.717) is 36.5 Å². The molecular weight excluding hydrogens is 351 g/mol. The van der Waals surface area contributed by atoms with Crippen LogP contribution in [-0.4, -0.2) is 35.6 Å². The lowest BCUT2D eigenvalue weighted by atomic mass is 10.1. The highest BCUT2D eigenvalue weighted by Gasteiger charge is 2.12. The number of hydrogen-bond donors (Lipinski definition) is 1. The lowest BCUT2D eigenvalue weighted by Crippen LogP contribution is -2.30. The molecule has 0 aliphatic heterocycles. The zero-order valence-corrected chi connectivity index (χ0v) is 15.8. The molecule has 0 radical (unpaired) electrons. The monoisotopic (exact) mass is 374 g/mol. The molecule has 0 aliphatic carbocycles. The molecular formula is C20H23FN2O2S. The molecule has 0 atom stereocenters. The summed E-state index contributed by atoms with van der Waals surface area (Å²) < 4.78 is 12.8. The summed E-state index contributed by atoms with van der Waals surface area (Å²) in [7, 11) is 0. The van der Waals surface area contributed by atoms with Crippen LogP contribution >= 0.6 is 11.8 Å². The van der Waals surface area contributed by atoms with Crippen molar-refractivity contribution >= 4 is 29.3 Å². The Kier molecular flexibility index (Phi) is 7.66. The Labute approximate surface area is 157 Å². The second-order valence-electron chi connectivity index (χ2n) is 5.66. The minimum absolute atomic E-state index is 0.0106. The zero-order valence-electron chi connectivity index (χ0n) is 15.0. The van der Waals surface area contributed by atoms with Crippen LogP contribution in [0, 0.1) is 5.82 Å². The van der Waals surface area contributed by atoms with Crippen LogP contribution in [0.25, 0.3) is 0 Å². The van der Waals surface area contributed by atoms with Gasteiger partial charge in [-0.3, -0.25) is 9.59 Å². The summed E-state index contributed by atoms with van der Waals surface area (Å²) >= 11 is 1.50. The van der Waals surface area contributed by atoms with Crippen molar-refractivity contribution in [2.75, 3.05) is 24.2 Å². The normalized spacial score (nSPS) is 10.4. The van der Waals surface area contributed by atoms with Crippen LogP contribution in [0.2, 0.25) is 0 Å². The van der Waals surface area contributed by atoms with Crippen LogP contribution in [0.5, 0.6) is 0 Å². The highest BCUT2D eigenvalue weighted by atomic mass is 32.2. The Morgan fingerprint density at radius 1 is 1.00 bits per heavy atom. The molecule has 2 aromatic carbocycles. The minimum Gasteiger partial charge on any atom is -0.339 e. The maximum absolute atomic E-state index is 12.8. The largest absolute Gasteiger partial charge is 0.339 e. The van der Waals surface area contributed by atoms with Crippen molar-refractivity contribution in [1.29, 1.82) is 0 Å². The third kappa shape index (κ3) is 5.88. The number of thioether (sulfide) groups is 1. The summed E-state index contributed by atoms with van der Waals surface area (Å²) in [5.74, 6) is 0.233. The average Bonchev–Trinajstić information content (AvgIpc) is 2.65. The van der Waals surface area contributed by atoms with Crippen molar-refractivity contribution in [3.8, 4) is 0 Å². The van der Waals surface area contributed by atoms with E-state index in [4.69, 9.17) is 0 Å². The second-order valence-corrected chi connectivity index (χ2v) is 6.82.